The Hall–Kier alpha value is -2.09. The zero-order valence-corrected chi connectivity index (χ0v) is 14.6. The third kappa shape index (κ3) is 3.17. The molecule has 1 aliphatic rings. The number of methoxy groups -OCH3 is 1. The summed E-state index contributed by atoms with van der Waals surface area (Å²) >= 11 is 3.49. The van der Waals surface area contributed by atoms with Gasteiger partial charge in [-0.2, -0.15) is 4.98 Å². The Bertz CT molecular complexity index is 767. The molecule has 1 aromatic heterocycles. The average molecular weight is 380 g/mol. The number of nitrogens with zero attached hydrogens (tertiary/aromatic N) is 3. The zero-order chi connectivity index (χ0) is 16.6. The topological polar surface area (TPSA) is 93.4 Å². The average Bonchev–Trinajstić information content (AvgIpc) is 2.52. The number of ether oxygens (including phenoxy) is 1. The smallest absolute Gasteiger partial charge is 0.225 e. The second-order valence-corrected chi connectivity index (χ2v) is 6.45. The van der Waals surface area contributed by atoms with Crippen molar-refractivity contribution >= 4 is 44.5 Å². The van der Waals surface area contributed by atoms with Crippen LogP contribution in [0.3, 0.4) is 0 Å². The quantitative estimate of drug-likeness (QED) is 0.846. The first-order chi connectivity index (χ1) is 11.0. The lowest BCUT2D eigenvalue weighted by Crippen LogP contribution is -2.43. The van der Waals surface area contributed by atoms with Gasteiger partial charge in [-0.15, -0.1) is 0 Å². The maximum atomic E-state index is 11.6. The van der Waals surface area contributed by atoms with Crippen molar-refractivity contribution in [2.24, 2.45) is 0 Å². The van der Waals surface area contributed by atoms with E-state index in [1.165, 1.54) is 0 Å². The number of halogens is 1. The summed E-state index contributed by atoms with van der Waals surface area (Å²) in [6.07, 6.45) is 1.28. The van der Waals surface area contributed by atoms with Crippen molar-refractivity contribution in [2.45, 2.75) is 18.9 Å². The largest absolute Gasteiger partial charge is 0.497 e. The van der Waals surface area contributed by atoms with E-state index in [9.17, 15) is 4.79 Å². The summed E-state index contributed by atoms with van der Waals surface area (Å²) in [4.78, 5) is 22.1. The van der Waals surface area contributed by atoms with E-state index in [0.717, 1.165) is 21.8 Å². The first-order valence-corrected chi connectivity index (χ1v) is 8.08. The molecule has 0 saturated carbocycles. The van der Waals surface area contributed by atoms with E-state index >= 15 is 0 Å². The van der Waals surface area contributed by atoms with Crippen LogP contribution in [0.1, 0.15) is 12.8 Å². The number of carbonyl (C=O) groups is 1. The zero-order valence-electron chi connectivity index (χ0n) is 13.0. The van der Waals surface area contributed by atoms with Crippen LogP contribution in [0.2, 0.25) is 0 Å². The van der Waals surface area contributed by atoms with E-state index in [1.54, 1.807) is 19.1 Å². The van der Waals surface area contributed by atoms with Crippen molar-refractivity contribution in [3.05, 3.63) is 16.6 Å². The molecule has 0 radical (unpaired) electrons. The van der Waals surface area contributed by atoms with Gasteiger partial charge in [0.25, 0.3) is 0 Å². The third-order valence-electron chi connectivity index (χ3n) is 3.95. The van der Waals surface area contributed by atoms with Crippen LogP contribution < -0.4 is 15.8 Å². The predicted molar refractivity (Wildman–Crippen MR) is 92.5 cm³/mol. The molecule has 0 bridgehead atoms. The van der Waals surface area contributed by atoms with Crippen molar-refractivity contribution in [2.75, 3.05) is 31.8 Å². The van der Waals surface area contributed by atoms with Crippen LogP contribution in [0.15, 0.2) is 16.6 Å². The van der Waals surface area contributed by atoms with Crippen LogP contribution >= 0.6 is 15.9 Å². The van der Waals surface area contributed by atoms with Gasteiger partial charge in [0.1, 0.15) is 11.6 Å². The van der Waals surface area contributed by atoms with Crippen LogP contribution in [0.4, 0.5) is 11.8 Å². The summed E-state index contributed by atoms with van der Waals surface area (Å²) in [5.41, 5.74) is 6.80. The number of nitrogens with two attached hydrogens (primary N) is 1. The molecule has 122 valence electrons. The van der Waals surface area contributed by atoms with Gasteiger partial charge in [0.15, 0.2) is 0 Å². The van der Waals surface area contributed by atoms with Crippen molar-refractivity contribution < 1.29 is 9.53 Å². The number of hydrogen-bond donors (Lipinski definition) is 2. The molecular weight excluding hydrogens is 362 g/mol. The lowest BCUT2D eigenvalue weighted by Gasteiger charge is -2.30. The highest BCUT2D eigenvalue weighted by atomic mass is 79.9. The number of likely N-dealkylation sites (tertiary alicyclic amines) is 1. The highest BCUT2D eigenvalue weighted by Crippen LogP contribution is 2.31. The molecule has 7 nitrogen and oxygen atoms in total. The molecule has 2 aromatic rings. The van der Waals surface area contributed by atoms with Gasteiger partial charge in [0.05, 0.1) is 12.6 Å². The fraction of sp³-hybridized carbons (Fsp3) is 0.400. The first kappa shape index (κ1) is 15.8. The maximum absolute atomic E-state index is 11.6. The minimum atomic E-state index is 0.117. The molecular formula is C15H18BrN5O2. The minimum absolute atomic E-state index is 0.117. The SMILES string of the molecule is COc1cc(Br)c2nc(NC3CCC(=O)N(C)C3)nc(N)c2c1. The van der Waals surface area contributed by atoms with E-state index < -0.39 is 0 Å². The second-order valence-electron chi connectivity index (χ2n) is 5.59. The van der Waals surface area contributed by atoms with Gasteiger partial charge in [-0.3, -0.25) is 4.79 Å². The Morgan fingerprint density at radius 2 is 2.22 bits per heavy atom. The van der Waals surface area contributed by atoms with Gasteiger partial charge < -0.3 is 20.7 Å². The van der Waals surface area contributed by atoms with Crippen molar-refractivity contribution in [1.82, 2.24) is 14.9 Å². The maximum Gasteiger partial charge on any atom is 0.225 e. The molecule has 8 heteroatoms. The molecule has 23 heavy (non-hydrogen) atoms. The number of carbonyl (C=O) groups excluding carboxylic acids is 1. The highest BCUT2D eigenvalue weighted by Gasteiger charge is 2.23. The molecule has 0 aliphatic carbocycles. The number of likely N-dealkylation sites (N-methyl/N-ethyl adjacent to an activating group) is 1. The molecule has 1 aliphatic heterocycles. The fourth-order valence-electron chi connectivity index (χ4n) is 2.68. The predicted octanol–water partition coefficient (Wildman–Crippen LogP) is 2.02. The number of nitrogen functional groups attached to an aromatic ring is 1. The monoisotopic (exact) mass is 379 g/mol. The lowest BCUT2D eigenvalue weighted by molar-refractivity contribution is -0.132. The Morgan fingerprint density at radius 3 is 2.91 bits per heavy atom. The van der Waals surface area contributed by atoms with Crippen molar-refractivity contribution in [3.63, 3.8) is 0 Å². The molecule has 1 fully saturated rings. The Kier molecular flexibility index (Phi) is 4.25. The molecule has 0 spiro atoms. The Balaban J connectivity index is 1.90. The van der Waals surface area contributed by atoms with Crippen LogP contribution in [0.5, 0.6) is 5.75 Å². The molecule has 1 saturated heterocycles. The number of aromatic nitrogens is 2. The first-order valence-electron chi connectivity index (χ1n) is 7.29. The molecule has 1 aromatic carbocycles. The second kappa shape index (κ2) is 6.19. The number of benzene rings is 1. The number of anilines is 2. The molecule has 1 amide bonds. The Morgan fingerprint density at radius 1 is 1.43 bits per heavy atom. The van der Waals surface area contributed by atoms with Crippen LogP contribution in [0.25, 0.3) is 10.9 Å². The van der Waals surface area contributed by atoms with Gasteiger partial charge in [0, 0.05) is 35.9 Å². The molecule has 1 unspecified atom stereocenters. The fourth-order valence-corrected chi connectivity index (χ4v) is 3.21. The van der Waals surface area contributed by atoms with Gasteiger partial charge in [-0.25, -0.2) is 4.98 Å². The van der Waals surface area contributed by atoms with Crippen molar-refractivity contribution in [1.29, 1.82) is 0 Å². The normalized spacial score (nSPS) is 18.3. The van der Waals surface area contributed by atoms with E-state index in [2.05, 4.69) is 31.2 Å². The van der Waals surface area contributed by atoms with Gasteiger partial charge in [-0.1, -0.05) is 0 Å². The minimum Gasteiger partial charge on any atom is -0.497 e. The summed E-state index contributed by atoms with van der Waals surface area (Å²) in [5.74, 6) is 1.70. The van der Waals surface area contributed by atoms with Gasteiger partial charge in [-0.05, 0) is 34.5 Å². The lowest BCUT2D eigenvalue weighted by atomic mass is 10.1. The number of fused-ring (bicyclic) bond motifs is 1. The summed E-state index contributed by atoms with van der Waals surface area (Å²) in [6.45, 7) is 0.629. The van der Waals surface area contributed by atoms with Crippen LogP contribution in [0, 0.1) is 0 Å². The standard InChI is InChI=1S/C15H18BrN5O2/c1-21-7-8(3-4-12(21)22)18-15-19-13-10(14(17)20-15)5-9(23-2)6-11(13)16/h5-6,8H,3-4,7H2,1-2H3,(H3,17,18,19,20). The summed E-state index contributed by atoms with van der Waals surface area (Å²) in [7, 11) is 3.40. The van der Waals surface area contributed by atoms with E-state index in [-0.39, 0.29) is 11.9 Å². The number of hydrogen-bond acceptors (Lipinski definition) is 6. The number of piperidine rings is 1. The molecule has 2 heterocycles. The molecule has 1 atom stereocenters. The van der Waals surface area contributed by atoms with Crippen LogP contribution in [-0.4, -0.2) is 47.5 Å². The van der Waals surface area contributed by atoms with Gasteiger partial charge in [0.2, 0.25) is 11.9 Å². The van der Waals surface area contributed by atoms with Gasteiger partial charge >= 0.3 is 0 Å². The van der Waals surface area contributed by atoms with E-state index in [0.29, 0.717) is 30.5 Å². The third-order valence-corrected chi connectivity index (χ3v) is 4.56. The summed E-state index contributed by atoms with van der Waals surface area (Å²) in [6, 6.07) is 3.77. The van der Waals surface area contributed by atoms with E-state index in [4.69, 9.17) is 10.5 Å². The summed E-state index contributed by atoms with van der Waals surface area (Å²) in [5, 5.41) is 4.01. The van der Waals surface area contributed by atoms with Crippen molar-refractivity contribution in [3.8, 4) is 5.75 Å². The van der Waals surface area contributed by atoms with Crippen LogP contribution in [-0.2, 0) is 4.79 Å². The summed E-state index contributed by atoms with van der Waals surface area (Å²) < 4.78 is 6.03. The van der Waals surface area contributed by atoms with E-state index in [1.807, 2.05) is 12.1 Å². The number of nitrogens with one attached hydrogen (secondary N) is 1. The number of amides is 1. The highest BCUT2D eigenvalue weighted by molar-refractivity contribution is 9.10. The molecule has 3 rings (SSSR count). The number of rotatable bonds is 3. The Labute approximate surface area is 142 Å². The molecule has 3 N–H and O–H groups in total.